The maximum absolute atomic E-state index is 12.4. The van der Waals surface area contributed by atoms with Gasteiger partial charge in [-0.15, -0.1) is 0 Å². The number of methoxy groups -OCH3 is 1. The summed E-state index contributed by atoms with van der Waals surface area (Å²) in [7, 11) is 1.65. The van der Waals surface area contributed by atoms with Crippen LogP contribution in [0.5, 0.6) is 11.8 Å². The van der Waals surface area contributed by atoms with Gasteiger partial charge in [0.05, 0.1) is 6.54 Å². The van der Waals surface area contributed by atoms with Crippen LogP contribution in [-0.2, 0) is 9.53 Å². The number of carbonyl (C=O) groups excluding carboxylic acids is 1. The van der Waals surface area contributed by atoms with Crippen LogP contribution in [0.3, 0.4) is 0 Å². The summed E-state index contributed by atoms with van der Waals surface area (Å²) in [5.74, 6) is 0.683. The average Bonchev–Trinajstić information content (AvgIpc) is 3.11. The summed E-state index contributed by atoms with van der Waals surface area (Å²) in [6, 6.07) is 9.76. The summed E-state index contributed by atoms with van der Waals surface area (Å²) in [6.45, 7) is 3.38. The van der Waals surface area contributed by atoms with Crippen LogP contribution in [0.1, 0.15) is 12.0 Å². The summed E-state index contributed by atoms with van der Waals surface area (Å²) < 4.78 is 17.0. The number of likely N-dealkylation sites (tertiary alicyclic amines) is 1. The van der Waals surface area contributed by atoms with Gasteiger partial charge in [0.2, 0.25) is 0 Å². The van der Waals surface area contributed by atoms with Crippen molar-refractivity contribution in [3.05, 3.63) is 48.3 Å². The number of rotatable bonds is 7. The summed E-state index contributed by atoms with van der Waals surface area (Å²) in [4.78, 5) is 22.0. The Bertz CT molecular complexity index is 741. The number of ether oxygens (including phenoxy) is 3. The van der Waals surface area contributed by atoms with Gasteiger partial charge in [0, 0.05) is 26.0 Å². The summed E-state index contributed by atoms with van der Waals surface area (Å²) in [5.41, 5.74) is 0.625. The van der Waals surface area contributed by atoms with Crippen molar-refractivity contribution in [2.45, 2.75) is 18.9 Å². The molecule has 3 rings (SSSR count). The Morgan fingerprint density at radius 3 is 2.77 bits per heavy atom. The van der Waals surface area contributed by atoms with Crippen LogP contribution >= 0.6 is 0 Å². The van der Waals surface area contributed by atoms with Gasteiger partial charge >= 0.3 is 6.01 Å². The number of hydrogen-bond acceptors (Lipinski definition) is 6. The number of aromatic nitrogens is 2. The van der Waals surface area contributed by atoms with Crippen LogP contribution in [0.25, 0.3) is 0 Å². The summed E-state index contributed by atoms with van der Waals surface area (Å²) in [5, 5.41) is 0. The predicted molar refractivity (Wildman–Crippen MR) is 95.1 cm³/mol. The van der Waals surface area contributed by atoms with Gasteiger partial charge in [-0.2, -0.15) is 0 Å². The average molecular weight is 357 g/mol. The predicted octanol–water partition coefficient (Wildman–Crippen LogP) is 1.86. The van der Waals surface area contributed by atoms with Crippen molar-refractivity contribution < 1.29 is 19.0 Å². The second-order valence-electron chi connectivity index (χ2n) is 6.38. The first-order chi connectivity index (χ1) is 12.6. The molecule has 138 valence electrons. The van der Waals surface area contributed by atoms with Gasteiger partial charge in [-0.05, 0) is 37.1 Å². The highest BCUT2D eigenvalue weighted by molar-refractivity contribution is 5.78. The van der Waals surface area contributed by atoms with Gasteiger partial charge in [-0.25, -0.2) is 9.97 Å². The smallest absolute Gasteiger partial charge is 0.316 e. The van der Waals surface area contributed by atoms with E-state index >= 15 is 0 Å². The first kappa shape index (κ1) is 18.1. The molecule has 0 spiro atoms. The molecule has 0 saturated carbocycles. The summed E-state index contributed by atoms with van der Waals surface area (Å²) >= 11 is 0. The second kappa shape index (κ2) is 8.14. The van der Waals surface area contributed by atoms with Gasteiger partial charge in [-0.3, -0.25) is 4.79 Å². The van der Waals surface area contributed by atoms with Crippen LogP contribution in [-0.4, -0.2) is 59.8 Å². The standard InChI is InChI=1S/C19H23N3O4/c1-15-5-3-6-16(11-15)26-14-19(24-2)7-10-22(13-19)17(23)12-25-18-20-8-4-9-21-18/h3-6,8-9,11H,7,10,12-14H2,1-2H3/t19-/m0/s1. The lowest BCUT2D eigenvalue weighted by atomic mass is 10.0. The van der Waals surface area contributed by atoms with Crippen LogP contribution in [0.2, 0.25) is 0 Å². The Balaban J connectivity index is 1.53. The number of amides is 1. The van der Waals surface area contributed by atoms with E-state index in [0.717, 1.165) is 11.3 Å². The molecule has 1 aromatic carbocycles. The Morgan fingerprint density at radius 2 is 2.04 bits per heavy atom. The third-order valence-electron chi connectivity index (χ3n) is 4.46. The van der Waals surface area contributed by atoms with Crippen molar-refractivity contribution in [3.8, 4) is 11.8 Å². The molecule has 1 aromatic heterocycles. The molecule has 1 saturated heterocycles. The van der Waals surface area contributed by atoms with Gasteiger partial charge < -0.3 is 19.1 Å². The van der Waals surface area contributed by atoms with Crippen LogP contribution in [0, 0.1) is 6.92 Å². The van der Waals surface area contributed by atoms with E-state index < -0.39 is 5.60 Å². The monoisotopic (exact) mass is 357 g/mol. The molecule has 7 nitrogen and oxygen atoms in total. The third-order valence-corrected chi connectivity index (χ3v) is 4.46. The molecule has 2 aromatic rings. The van der Waals surface area contributed by atoms with Gasteiger partial charge in [0.25, 0.3) is 5.91 Å². The highest BCUT2D eigenvalue weighted by atomic mass is 16.5. The molecule has 26 heavy (non-hydrogen) atoms. The zero-order chi connectivity index (χ0) is 18.4. The third kappa shape index (κ3) is 4.49. The lowest BCUT2D eigenvalue weighted by Gasteiger charge is -2.28. The molecule has 1 fully saturated rings. The quantitative estimate of drug-likeness (QED) is 0.753. The van der Waals surface area contributed by atoms with Crippen LogP contribution in [0.4, 0.5) is 0 Å². The normalized spacial score (nSPS) is 19.4. The maximum Gasteiger partial charge on any atom is 0.316 e. The molecule has 1 aliphatic heterocycles. The number of hydrogen-bond donors (Lipinski definition) is 0. The number of carbonyl (C=O) groups is 1. The Hall–Kier alpha value is -2.67. The molecule has 2 heterocycles. The molecule has 7 heteroatoms. The molecule has 0 N–H and O–H groups in total. The zero-order valence-corrected chi connectivity index (χ0v) is 15.1. The lowest BCUT2D eigenvalue weighted by molar-refractivity contribution is -0.134. The van der Waals surface area contributed by atoms with Gasteiger partial charge in [0.1, 0.15) is 18.0 Å². The molecule has 1 amide bonds. The Kier molecular flexibility index (Phi) is 5.68. The highest BCUT2D eigenvalue weighted by Crippen LogP contribution is 2.26. The maximum atomic E-state index is 12.4. The first-order valence-corrected chi connectivity index (χ1v) is 8.52. The molecular weight excluding hydrogens is 334 g/mol. The Labute approximate surface area is 152 Å². The minimum absolute atomic E-state index is 0.0947. The number of benzene rings is 1. The van der Waals surface area contributed by atoms with E-state index in [4.69, 9.17) is 14.2 Å². The van der Waals surface area contributed by atoms with Crippen molar-refractivity contribution in [1.82, 2.24) is 14.9 Å². The van der Waals surface area contributed by atoms with Gasteiger partial charge in [-0.1, -0.05) is 12.1 Å². The minimum Gasteiger partial charge on any atom is -0.491 e. The molecule has 0 aliphatic carbocycles. The topological polar surface area (TPSA) is 73.8 Å². The minimum atomic E-state index is -0.511. The second-order valence-corrected chi connectivity index (χ2v) is 6.38. The molecule has 0 unspecified atom stereocenters. The first-order valence-electron chi connectivity index (χ1n) is 8.52. The molecular formula is C19H23N3O4. The summed E-state index contributed by atoms with van der Waals surface area (Å²) in [6.07, 6.45) is 3.85. The lowest BCUT2D eigenvalue weighted by Crippen LogP contribution is -2.43. The van der Waals surface area contributed by atoms with Crippen molar-refractivity contribution in [2.24, 2.45) is 0 Å². The molecule has 1 aliphatic rings. The molecule has 0 bridgehead atoms. The number of aryl methyl sites for hydroxylation is 1. The van der Waals surface area contributed by atoms with E-state index in [2.05, 4.69) is 9.97 Å². The largest absolute Gasteiger partial charge is 0.491 e. The SMILES string of the molecule is CO[C@@]1(COc2cccc(C)c2)CCN(C(=O)COc2ncccn2)C1. The van der Waals surface area contributed by atoms with E-state index in [9.17, 15) is 4.79 Å². The molecule has 1 atom stereocenters. The van der Waals surface area contributed by atoms with E-state index in [1.807, 2.05) is 31.2 Å². The fraction of sp³-hybridized carbons (Fsp3) is 0.421. The van der Waals surface area contributed by atoms with Crippen LogP contribution < -0.4 is 9.47 Å². The van der Waals surface area contributed by atoms with Gasteiger partial charge in [0.15, 0.2) is 6.61 Å². The van der Waals surface area contributed by atoms with E-state index in [1.165, 1.54) is 0 Å². The van der Waals surface area contributed by atoms with Crippen molar-refractivity contribution in [1.29, 1.82) is 0 Å². The number of nitrogens with zero attached hydrogens (tertiary/aromatic N) is 3. The van der Waals surface area contributed by atoms with Crippen molar-refractivity contribution >= 4 is 5.91 Å². The van der Waals surface area contributed by atoms with E-state index in [1.54, 1.807) is 30.5 Å². The Morgan fingerprint density at radius 1 is 1.23 bits per heavy atom. The van der Waals surface area contributed by atoms with Crippen molar-refractivity contribution in [2.75, 3.05) is 33.4 Å². The zero-order valence-electron chi connectivity index (χ0n) is 15.1. The highest BCUT2D eigenvalue weighted by Gasteiger charge is 2.41. The van der Waals surface area contributed by atoms with Crippen LogP contribution in [0.15, 0.2) is 42.7 Å². The van der Waals surface area contributed by atoms with E-state index in [-0.39, 0.29) is 18.5 Å². The molecule has 0 radical (unpaired) electrons. The fourth-order valence-corrected chi connectivity index (χ4v) is 2.90. The van der Waals surface area contributed by atoms with Crippen molar-refractivity contribution in [3.63, 3.8) is 0 Å². The fourth-order valence-electron chi connectivity index (χ4n) is 2.90. The van der Waals surface area contributed by atoms with E-state index in [0.29, 0.717) is 26.1 Å².